The van der Waals surface area contributed by atoms with E-state index in [9.17, 15) is 0 Å². The molecule has 0 atom stereocenters. The van der Waals surface area contributed by atoms with Gasteiger partial charge in [-0.1, -0.05) is 18.6 Å². The minimum atomic E-state index is 0.801. The Kier molecular flexibility index (Phi) is 5.89. The van der Waals surface area contributed by atoms with E-state index in [1.165, 1.54) is 0 Å². The van der Waals surface area contributed by atoms with Crippen LogP contribution in [0.15, 0.2) is 41.2 Å². The minimum Gasteiger partial charge on any atom is -0.347 e. The second kappa shape index (κ2) is 6.73. The summed E-state index contributed by atoms with van der Waals surface area (Å²) in [6.45, 7) is 9.23. The highest BCUT2D eigenvalue weighted by molar-refractivity contribution is 5.81. The van der Waals surface area contributed by atoms with Crippen LogP contribution in [0, 0.1) is 12.3 Å². The summed E-state index contributed by atoms with van der Waals surface area (Å²) in [6, 6.07) is 0. The zero-order valence-corrected chi connectivity index (χ0v) is 8.96. The van der Waals surface area contributed by atoms with E-state index in [2.05, 4.69) is 22.8 Å². The molecule has 2 heteroatoms. The van der Waals surface area contributed by atoms with Crippen LogP contribution in [-0.2, 0) is 0 Å². The summed E-state index contributed by atoms with van der Waals surface area (Å²) in [5.74, 6) is 3.37. The normalized spacial score (nSPS) is 13.4. The van der Waals surface area contributed by atoms with Crippen molar-refractivity contribution < 1.29 is 0 Å². The summed E-state index contributed by atoms with van der Waals surface area (Å²) in [4.78, 5) is 4.12. The molecule has 0 spiro atoms. The van der Waals surface area contributed by atoms with Crippen molar-refractivity contribution in [2.75, 3.05) is 0 Å². The Balaban J connectivity index is 4.41. The number of allylic oxidation sites excluding steroid dienone is 4. The number of nitrogens with zero attached hydrogens (tertiary/aromatic N) is 1. The van der Waals surface area contributed by atoms with Crippen molar-refractivity contribution >= 4 is 5.84 Å². The Hall–Kier alpha value is -1.75. The van der Waals surface area contributed by atoms with Gasteiger partial charge in [0.1, 0.15) is 5.84 Å². The second-order valence-electron chi connectivity index (χ2n) is 2.81. The van der Waals surface area contributed by atoms with Crippen LogP contribution in [0.25, 0.3) is 0 Å². The first-order valence-corrected chi connectivity index (χ1v) is 4.35. The molecule has 0 saturated carbocycles. The smallest absolute Gasteiger partial charge is 0.102 e. The second-order valence-corrected chi connectivity index (χ2v) is 2.81. The molecule has 0 aromatic heterocycles. The van der Waals surface area contributed by atoms with Crippen LogP contribution in [0.1, 0.15) is 20.8 Å². The van der Waals surface area contributed by atoms with Gasteiger partial charge in [-0.25, -0.2) is 4.99 Å². The average molecular weight is 188 g/mol. The topological polar surface area (TPSA) is 24.4 Å². The summed E-state index contributed by atoms with van der Waals surface area (Å²) < 4.78 is 0. The number of hydrogen-bond donors (Lipinski definition) is 1. The monoisotopic (exact) mass is 188 g/mol. The number of amidine groups is 1. The number of rotatable bonds is 3. The molecule has 0 radical (unpaired) electrons. The molecular formula is C12H16N2. The van der Waals surface area contributed by atoms with E-state index < -0.39 is 0 Å². The first-order chi connectivity index (χ1) is 6.61. The average Bonchev–Trinajstić information content (AvgIpc) is 2.16. The van der Waals surface area contributed by atoms with Crippen LogP contribution in [-0.4, -0.2) is 5.84 Å². The molecule has 0 rings (SSSR count). The third kappa shape index (κ3) is 5.00. The van der Waals surface area contributed by atoms with Gasteiger partial charge in [0.05, 0.1) is 0 Å². The van der Waals surface area contributed by atoms with E-state index >= 15 is 0 Å². The Morgan fingerprint density at radius 2 is 2.07 bits per heavy atom. The Morgan fingerprint density at radius 1 is 1.43 bits per heavy atom. The molecule has 2 nitrogen and oxygen atoms in total. The zero-order valence-electron chi connectivity index (χ0n) is 8.96. The van der Waals surface area contributed by atoms with Crippen LogP contribution in [0.5, 0.6) is 0 Å². The lowest BCUT2D eigenvalue weighted by Gasteiger charge is -2.05. The molecule has 0 aliphatic heterocycles. The van der Waals surface area contributed by atoms with Crippen molar-refractivity contribution in [2.45, 2.75) is 20.8 Å². The van der Waals surface area contributed by atoms with E-state index in [0.717, 1.165) is 17.1 Å². The number of hydrogen-bond acceptors (Lipinski definition) is 1. The highest BCUT2D eigenvalue weighted by Crippen LogP contribution is 1.97. The maximum atomic E-state index is 5.26. The molecule has 0 saturated heterocycles. The van der Waals surface area contributed by atoms with Gasteiger partial charge in [0.15, 0.2) is 0 Å². The third-order valence-corrected chi connectivity index (χ3v) is 1.64. The Morgan fingerprint density at radius 3 is 2.57 bits per heavy atom. The van der Waals surface area contributed by atoms with Gasteiger partial charge in [-0.3, -0.25) is 0 Å². The fraction of sp³-hybridized carbons (Fsp3) is 0.250. The van der Waals surface area contributed by atoms with Gasteiger partial charge in [-0.15, -0.1) is 6.42 Å². The Bertz CT molecular complexity index is 325. The zero-order chi connectivity index (χ0) is 11.0. The predicted octanol–water partition coefficient (Wildman–Crippen LogP) is 2.62. The molecule has 0 aliphatic rings. The van der Waals surface area contributed by atoms with Crippen molar-refractivity contribution in [3.63, 3.8) is 0 Å². The van der Waals surface area contributed by atoms with Crippen LogP contribution >= 0.6 is 0 Å². The fourth-order valence-corrected chi connectivity index (χ4v) is 0.721. The summed E-state index contributed by atoms with van der Waals surface area (Å²) >= 11 is 0. The van der Waals surface area contributed by atoms with Gasteiger partial charge >= 0.3 is 0 Å². The highest BCUT2D eigenvalue weighted by Gasteiger charge is 1.93. The van der Waals surface area contributed by atoms with Gasteiger partial charge in [0.25, 0.3) is 0 Å². The van der Waals surface area contributed by atoms with Crippen LogP contribution in [0.4, 0.5) is 0 Å². The van der Waals surface area contributed by atoms with Gasteiger partial charge in [0, 0.05) is 17.5 Å². The quantitative estimate of drug-likeness (QED) is 0.313. The lowest BCUT2D eigenvalue weighted by atomic mass is 10.2. The molecule has 0 amide bonds. The van der Waals surface area contributed by atoms with Crippen molar-refractivity contribution in [3.05, 3.63) is 36.2 Å². The lowest BCUT2D eigenvalue weighted by Crippen LogP contribution is -2.18. The summed E-state index contributed by atoms with van der Waals surface area (Å²) in [6.07, 6.45) is 10.4. The molecule has 1 N–H and O–H groups in total. The van der Waals surface area contributed by atoms with Crippen molar-refractivity contribution in [1.82, 2.24) is 5.32 Å². The largest absolute Gasteiger partial charge is 0.347 e. The first-order valence-electron chi connectivity index (χ1n) is 4.35. The maximum Gasteiger partial charge on any atom is 0.102 e. The third-order valence-electron chi connectivity index (χ3n) is 1.64. The first kappa shape index (κ1) is 12.2. The number of aliphatic imine (C=N–C) groups is 1. The van der Waals surface area contributed by atoms with E-state index in [1.807, 2.05) is 20.8 Å². The molecular weight excluding hydrogens is 172 g/mol. The van der Waals surface area contributed by atoms with E-state index in [1.54, 1.807) is 18.4 Å². The van der Waals surface area contributed by atoms with Gasteiger partial charge in [-0.05, 0) is 26.8 Å². The fourth-order valence-electron chi connectivity index (χ4n) is 0.721. The van der Waals surface area contributed by atoms with Crippen LogP contribution in [0.2, 0.25) is 0 Å². The molecule has 0 aliphatic carbocycles. The van der Waals surface area contributed by atoms with E-state index in [-0.39, 0.29) is 0 Å². The molecule has 0 fully saturated rings. The van der Waals surface area contributed by atoms with Crippen molar-refractivity contribution in [3.8, 4) is 12.3 Å². The van der Waals surface area contributed by atoms with Gasteiger partial charge < -0.3 is 5.32 Å². The molecule has 0 heterocycles. The summed E-state index contributed by atoms with van der Waals surface area (Å²) in [5.41, 5.74) is 1.83. The number of nitrogens with one attached hydrogen (secondary N) is 1. The van der Waals surface area contributed by atoms with Gasteiger partial charge in [0.2, 0.25) is 0 Å². The molecule has 0 aromatic rings. The lowest BCUT2D eigenvalue weighted by molar-refractivity contribution is 1.07. The summed E-state index contributed by atoms with van der Waals surface area (Å²) in [7, 11) is 0. The summed E-state index contributed by atoms with van der Waals surface area (Å²) in [5, 5.41) is 3.09. The van der Waals surface area contributed by atoms with Crippen LogP contribution < -0.4 is 5.32 Å². The predicted molar refractivity (Wildman–Crippen MR) is 62.8 cm³/mol. The van der Waals surface area contributed by atoms with E-state index in [4.69, 9.17) is 6.42 Å². The van der Waals surface area contributed by atoms with Crippen molar-refractivity contribution in [2.24, 2.45) is 4.99 Å². The van der Waals surface area contributed by atoms with Crippen LogP contribution in [0.3, 0.4) is 0 Å². The molecule has 0 unspecified atom stereocenters. The standard InChI is InChI=1S/C12H16N2/c1-6-8-9-13-12(5)14-11(4)10(3)7-2/h2,6,8-9H,1H2,3-5H3,(H,13,14)/b9-8-,11-10?. The molecule has 0 aromatic carbocycles. The minimum absolute atomic E-state index is 0.801. The maximum absolute atomic E-state index is 5.26. The molecule has 74 valence electrons. The van der Waals surface area contributed by atoms with E-state index in [0.29, 0.717) is 0 Å². The Labute approximate surface area is 86.1 Å². The highest BCUT2D eigenvalue weighted by atomic mass is 15.0. The van der Waals surface area contributed by atoms with Crippen molar-refractivity contribution in [1.29, 1.82) is 0 Å². The SMILES string of the molecule is C#CC(C)=C(C)NC(C)=N/C=C\C=C. The molecule has 0 bridgehead atoms. The number of terminal acetylenes is 1. The molecule has 14 heavy (non-hydrogen) atoms. The van der Waals surface area contributed by atoms with Gasteiger partial charge in [-0.2, -0.15) is 0 Å².